The molecule has 2 N–H and O–H groups in total. The molecule has 5 heteroatoms. The fourth-order valence-electron chi connectivity index (χ4n) is 4.39. The molecule has 2 aliphatic rings. The Morgan fingerprint density at radius 2 is 1.44 bits per heavy atom. The molecule has 27 heavy (non-hydrogen) atoms. The SMILES string of the molecule is N#Cc1ccc(C2=C(c3ccc(CS(N)(=O)=O)cc3)CC3(CCC3)C2)cc1. The summed E-state index contributed by atoms with van der Waals surface area (Å²) in [6.45, 7) is 0. The van der Waals surface area contributed by atoms with E-state index in [1.807, 2.05) is 48.5 Å². The Balaban J connectivity index is 1.70. The smallest absolute Gasteiger partial charge is 0.213 e. The van der Waals surface area contributed by atoms with Gasteiger partial charge >= 0.3 is 0 Å². The highest BCUT2D eigenvalue weighted by Gasteiger charge is 2.43. The van der Waals surface area contributed by atoms with Crippen molar-refractivity contribution in [2.75, 3.05) is 0 Å². The first kappa shape index (κ1) is 18.0. The van der Waals surface area contributed by atoms with Crippen LogP contribution in [0.1, 0.15) is 54.4 Å². The van der Waals surface area contributed by atoms with Crippen LogP contribution in [0.3, 0.4) is 0 Å². The molecule has 0 unspecified atom stereocenters. The Morgan fingerprint density at radius 1 is 0.926 bits per heavy atom. The van der Waals surface area contributed by atoms with Gasteiger partial charge in [-0.25, -0.2) is 13.6 Å². The molecule has 0 aromatic heterocycles. The van der Waals surface area contributed by atoms with Crippen LogP contribution in [0.5, 0.6) is 0 Å². The van der Waals surface area contributed by atoms with Crippen LogP contribution < -0.4 is 5.14 Å². The molecule has 0 heterocycles. The standard InChI is InChI=1S/C22H22N2O2S/c23-14-16-2-6-18(7-3-16)20-12-22(10-1-11-22)13-21(20)19-8-4-17(5-9-19)15-27(24,25)26/h2-9H,1,10-13,15H2,(H2,24,25,26). The Morgan fingerprint density at radius 3 is 1.85 bits per heavy atom. The summed E-state index contributed by atoms with van der Waals surface area (Å²) in [7, 11) is -3.52. The highest BCUT2D eigenvalue weighted by atomic mass is 32.2. The van der Waals surface area contributed by atoms with Gasteiger partial charge in [-0.2, -0.15) is 5.26 Å². The molecule has 1 spiro atoms. The zero-order valence-corrected chi connectivity index (χ0v) is 15.9. The largest absolute Gasteiger partial charge is 0.228 e. The third kappa shape index (κ3) is 3.69. The number of primary sulfonamides is 1. The molecule has 0 aliphatic heterocycles. The van der Waals surface area contributed by atoms with Crippen molar-refractivity contribution in [2.45, 2.75) is 37.9 Å². The lowest BCUT2D eigenvalue weighted by atomic mass is 9.66. The van der Waals surface area contributed by atoms with Crippen LogP contribution in [0, 0.1) is 16.7 Å². The van der Waals surface area contributed by atoms with E-state index in [4.69, 9.17) is 10.4 Å². The lowest BCUT2D eigenvalue weighted by Gasteiger charge is -2.39. The lowest BCUT2D eigenvalue weighted by molar-refractivity contribution is 0.157. The highest BCUT2D eigenvalue weighted by molar-refractivity contribution is 7.88. The van der Waals surface area contributed by atoms with Gasteiger partial charge in [0.25, 0.3) is 0 Å². The van der Waals surface area contributed by atoms with Crippen LogP contribution in [0.4, 0.5) is 0 Å². The van der Waals surface area contributed by atoms with Gasteiger partial charge in [-0.05, 0) is 71.1 Å². The van der Waals surface area contributed by atoms with Crippen molar-refractivity contribution in [3.05, 3.63) is 70.8 Å². The average Bonchev–Trinajstić information content (AvgIpc) is 3.03. The number of benzene rings is 2. The maximum absolute atomic E-state index is 11.3. The zero-order valence-electron chi connectivity index (χ0n) is 15.1. The normalized spacial score (nSPS) is 18.4. The van der Waals surface area contributed by atoms with Crippen LogP contribution in [0.2, 0.25) is 0 Å². The number of hydrogen-bond acceptors (Lipinski definition) is 3. The predicted molar refractivity (Wildman–Crippen MR) is 107 cm³/mol. The van der Waals surface area contributed by atoms with Gasteiger partial charge in [0, 0.05) is 0 Å². The first-order valence-electron chi connectivity index (χ1n) is 9.20. The van der Waals surface area contributed by atoms with Gasteiger partial charge in [0.15, 0.2) is 0 Å². The number of allylic oxidation sites excluding steroid dienone is 2. The third-order valence-electron chi connectivity index (χ3n) is 5.91. The van der Waals surface area contributed by atoms with Crippen LogP contribution in [-0.2, 0) is 15.8 Å². The summed E-state index contributed by atoms with van der Waals surface area (Å²) in [6.07, 6.45) is 5.96. The van der Waals surface area contributed by atoms with Gasteiger partial charge in [-0.15, -0.1) is 0 Å². The summed E-state index contributed by atoms with van der Waals surface area (Å²) in [6, 6.07) is 17.7. The van der Waals surface area contributed by atoms with Gasteiger partial charge in [-0.1, -0.05) is 42.8 Å². The van der Waals surface area contributed by atoms with E-state index in [0.717, 1.165) is 18.4 Å². The molecular formula is C22H22N2O2S. The van der Waals surface area contributed by atoms with E-state index >= 15 is 0 Å². The molecule has 2 aromatic carbocycles. The summed E-state index contributed by atoms with van der Waals surface area (Å²) in [5.74, 6) is -0.140. The van der Waals surface area contributed by atoms with Crippen molar-refractivity contribution >= 4 is 21.2 Å². The molecule has 0 amide bonds. The maximum atomic E-state index is 11.3. The second-order valence-corrected chi connectivity index (χ2v) is 9.47. The fraction of sp³-hybridized carbons (Fsp3) is 0.318. The lowest BCUT2D eigenvalue weighted by Crippen LogP contribution is -2.26. The van der Waals surface area contributed by atoms with Crippen LogP contribution in [-0.4, -0.2) is 8.42 Å². The minimum absolute atomic E-state index is 0.140. The fourth-order valence-corrected chi connectivity index (χ4v) is 5.05. The minimum Gasteiger partial charge on any atom is -0.228 e. The van der Waals surface area contributed by atoms with Crippen LogP contribution >= 0.6 is 0 Å². The van der Waals surface area contributed by atoms with E-state index in [-0.39, 0.29) is 5.75 Å². The molecule has 1 fully saturated rings. The Bertz CT molecular complexity index is 1040. The van der Waals surface area contributed by atoms with E-state index in [1.54, 1.807) is 0 Å². The van der Waals surface area contributed by atoms with Crippen molar-refractivity contribution < 1.29 is 8.42 Å². The first-order chi connectivity index (χ1) is 12.9. The quantitative estimate of drug-likeness (QED) is 0.864. The molecule has 2 aliphatic carbocycles. The van der Waals surface area contributed by atoms with Crippen molar-refractivity contribution in [1.29, 1.82) is 5.26 Å². The molecule has 0 bridgehead atoms. The number of rotatable bonds is 4. The minimum atomic E-state index is -3.52. The van der Waals surface area contributed by atoms with E-state index in [9.17, 15) is 8.42 Å². The van der Waals surface area contributed by atoms with Gasteiger partial charge in [0.1, 0.15) is 0 Å². The van der Waals surface area contributed by atoms with Gasteiger partial charge < -0.3 is 0 Å². The summed E-state index contributed by atoms with van der Waals surface area (Å²) in [5, 5.41) is 14.2. The summed E-state index contributed by atoms with van der Waals surface area (Å²) in [5.41, 5.74) is 6.80. The maximum Gasteiger partial charge on any atom is 0.213 e. The number of hydrogen-bond donors (Lipinski definition) is 1. The highest BCUT2D eigenvalue weighted by Crippen LogP contribution is 2.59. The van der Waals surface area contributed by atoms with Crippen molar-refractivity contribution in [3.63, 3.8) is 0 Å². The molecule has 0 radical (unpaired) electrons. The third-order valence-corrected chi connectivity index (χ3v) is 6.65. The molecule has 2 aromatic rings. The van der Waals surface area contributed by atoms with Gasteiger partial charge in [0.2, 0.25) is 10.0 Å². The molecular weight excluding hydrogens is 356 g/mol. The molecule has 4 nitrogen and oxygen atoms in total. The van der Waals surface area contributed by atoms with E-state index in [0.29, 0.717) is 16.5 Å². The van der Waals surface area contributed by atoms with Gasteiger partial charge in [-0.3, -0.25) is 0 Å². The van der Waals surface area contributed by atoms with Crippen molar-refractivity contribution in [2.24, 2.45) is 10.6 Å². The van der Waals surface area contributed by atoms with Crippen molar-refractivity contribution in [3.8, 4) is 6.07 Å². The Hall–Kier alpha value is -2.42. The number of nitrogens with two attached hydrogens (primary N) is 1. The van der Waals surface area contributed by atoms with Crippen LogP contribution in [0.25, 0.3) is 11.1 Å². The summed E-state index contributed by atoms with van der Waals surface area (Å²) >= 11 is 0. The Labute approximate surface area is 160 Å². The summed E-state index contributed by atoms with van der Waals surface area (Å²) < 4.78 is 22.6. The zero-order chi connectivity index (χ0) is 19.1. The van der Waals surface area contributed by atoms with Crippen molar-refractivity contribution in [1.82, 2.24) is 0 Å². The Kier molecular flexibility index (Phi) is 4.41. The molecule has 138 valence electrons. The number of sulfonamides is 1. The van der Waals surface area contributed by atoms with E-state index in [2.05, 4.69) is 6.07 Å². The molecule has 1 saturated carbocycles. The molecule has 0 atom stereocenters. The number of nitrogens with zero attached hydrogens (tertiary/aromatic N) is 1. The number of nitriles is 1. The average molecular weight is 378 g/mol. The monoisotopic (exact) mass is 378 g/mol. The molecule has 0 saturated heterocycles. The summed E-state index contributed by atoms with van der Waals surface area (Å²) in [4.78, 5) is 0. The van der Waals surface area contributed by atoms with Gasteiger partial charge in [0.05, 0.1) is 17.4 Å². The first-order valence-corrected chi connectivity index (χ1v) is 10.9. The topological polar surface area (TPSA) is 83.9 Å². The molecule has 4 rings (SSSR count). The van der Waals surface area contributed by atoms with E-state index < -0.39 is 10.0 Å². The second kappa shape index (κ2) is 6.63. The van der Waals surface area contributed by atoms with E-state index in [1.165, 1.54) is 36.0 Å². The second-order valence-electron chi connectivity index (χ2n) is 7.86. The van der Waals surface area contributed by atoms with Crippen LogP contribution in [0.15, 0.2) is 48.5 Å². The predicted octanol–water partition coefficient (Wildman–Crippen LogP) is 4.22.